The Labute approximate surface area is 122 Å². The summed E-state index contributed by atoms with van der Waals surface area (Å²) in [6.45, 7) is 0.535. The molecule has 0 saturated carbocycles. The number of urea groups is 1. The van der Waals surface area contributed by atoms with Crippen molar-refractivity contribution in [3.63, 3.8) is 0 Å². The zero-order valence-electron chi connectivity index (χ0n) is 11.5. The van der Waals surface area contributed by atoms with Crippen molar-refractivity contribution < 1.29 is 24.2 Å². The number of amides is 3. The van der Waals surface area contributed by atoms with Gasteiger partial charge in [-0.3, -0.25) is 14.9 Å². The molecule has 3 amide bonds. The number of benzene rings is 1. The standard InChI is InChI=1S/C14H18N2O5/c17-12(7-4-8-13(18)19)16-14(20)15-9-10-21-11-5-2-1-3-6-11/h1-3,5-6H,4,7-10H2,(H,18,19)(H2,15,16,17,20). The first-order valence-electron chi connectivity index (χ1n) is 6.55. The Balaban J connectivity index is 2.08. The maximum atomic E-state index is 11.3. The topological polar surface area (TPSA) is 105 Å². The van der Waals surface area contributed by atoms with Crippen molar-refractivity contribution in [1.82, 2.24) is 10.6 Å². The highest BCUT2D eigenvalue weighted by molar-refractivity contribution is 5.94. The molecular formula is C14H18N2O5. The first-order valence-corrected chi connectivity index (χ1v) is 6.55. The monoisotopic (exact) mass is 294 g/mol. The average Bonchev–Trinajstić information content (AvgIpc) is 2.44. The first kappa shape index (κ1) is 16.5. The third kappa shape index (κ3) is 8.25. The lowest BCUT2D eigenvalue weighted by Gasteiger charge is -2.08. The van der Waals surface area contributed by atoms with Crippen molar-refractivity contribution in [2.75, 3.05) is 13.2 Å². The van der Waals surface area contributed by atoms with E-state index in [0.29, 0.717) is 5.75 Å². The summed E-state index contributed by atoms with van der Waals surface area (Å²) >= 11 is 0. The molecule has 0 radical (unpaired) electrons. The van der Waals surface area contributed by atoms with Crippen LogP contribution in [-0.2, 0) is 9.59 Å². The summed E-state index contributed by atoms with van der Waals surface area (Å²) in [6, 6.07) is 8.52. The van der Waals surface area contributed by atoms with Crippen LogP contribution in [0.5, 0.6) is 5.75 Å². The largest absolute Gasteiger partial charge is 0.492 e. The van der Waals surface area contributed by atoms with Crippen LogP contribution in [0.1, 0.15) is 19.3 Å². The maximum Gasteiger partial charge on any atom is 0.321 e. The van der Waals surface area contributed by atoms with Crippen molar-refractivity contribution in [2.24, 2.45) is 0 Å². The lowest BCUT2D eigenvalue weighted by atomic mass is 10.2. The van der Waals surface area contributed by atoms with Crippen molar-refractivity contribution >= 4 is 17.9 Å². The Bertz CT molecular complexity index is 476. The highest BCUT2D eigenvalue weighted by Crippen LogP contribution is 2.07. The molecule has 1 aromatic rings. The average molecular weight is 294 g/mol. The van der Waals surface area contributed by atoms with Gasteiger partial charge in [-0.2, -0.15) is 0 Å². The summed E-state index contributed by atoms with van der Waals surface area (Å²) < 4.78 is 5.36. The highest BCUT2D eigenvalue weighted by atomic mass is 16.5. The van der Waals surface area contributed by atoms with Crippen LogP contribution in [0.2, 0.25) is 0 Å². The van der Waals surface area contributed by atoms with Crippen LogP contribution in [0.15, 0.2) is 30.3 Å². The van der Waals surface area contributed by atoms with Crippen molar-refractivity contribution in [3.8, 4) is 5.75 Å². The summed E-state index contributed by atoms with van der Waals surface area (Å²) in [4.78, 5) is 32.9. The summed E-state index contributed by atoms with van der Waals surface area (Å²) in [7, 11) is 0. The van der Waals surface area contributed by atoms with E-state index in [1.54, 1.807) is 12.1 Å². The van der Waals surface area contributed by atoms with Gasteiger partial charge in [-0.1, -0.05) is 18.2 Å². The minimum absolute atomic E-state index is 0.000233. The Morgan fingerprint density at radius 1 is 1.10 bits per heavy atom. The Morgan fingerprint density at radius 3 is 2.48 bits per heavy atom. The fraction of sp³-hybridized carbons (Fsp3) is 0.357. The molecule has 21 heavy (non-hydrogen) atoms. The Kier molecular flexibility index (Phi) is 7.34. The number of carbonyl (C=O) groups is 3. The number of ether oxygens (including phenoxy) is 1. The van der Waals surface area contributed by atoms with Crippen LogP contribution >= 0.6 is 0 Å². The lowest BCUT2D eigenvalue weighted by molar-refractivity contribution is -0.137. The van der Waals surface area contributed by atoms with E-state index in [1.165, 1.54) is 0 Å². The third-order valence-electron chi connectivity index (χ3n) is 2.45. The molecule has 1 aromatic carbocycles. The van der Waals surface area contributed by atoms with Crippen molar-refractivity contribution in [2.45, 2.75) is 19.3 Å². The summed E-state index contributed by atoms with van der Waals surface area (Å²) in [5.41, 5.74) is 0. The molecular weight excluding hydrogens is 276 g/mol. The maximum absolute atomic E-state index is 11.3. The quantitative estimate of drug-likeness (QED) is 0.624. The van der Waals surface area contributed by atoms with Gasteiger partial charge in [0.15, 0.2) is 0 Å². The molecule has 7 heteroatoms. The summed E-state index contributed by atoms with van der Waals surface area (Å²) in [5.74, 6) is -0.771. The molecule has 114 valence electrons. The molecule has 0 spiro atoms. The number of rotatable bonds is 8. The second-order valence-corrected chi connectivity index (χ2v) is 4.21. The van der Waals surface area contributed by atoms with Gasteiger partial charge in [-0.15, -0.1) is 0 Å². The van der Waals surface area contributed by atoms with E-state index in [2.05, 4.69) is 10.6 Å². The van der Waals surface area contributed by atoms with Crippen molar-refractivity contribution in [1.29, 1.82) is 0 Å². The number of carboxylic acid groups (broad SMARTS) is 1. The van der Waals surface area contributed by atoms with Gasteiger partial charge >= 0.3 is 12.0 Å². The molecule has 0 saturated heterocycles. The van der Waals surface area contributed by atoms with Crippen LogP contribution in [0.25, 0.3) is 0 Å². The zero-order valence-corrected chi connectivity index (χ0v) is 11.5. The van der Waals surface area contributed by atoms with Gasteiger partial charge in [0, 0.05) is 12.8 Å². The highest BCUT2D eigenvalue weighted by Gasteiger charge is 2.07. The molecule has 1 rings (SSSR count). The predicted octanol–water partition coefficient (Wildman–Crippen LogP) is 1.15. The van der Waals surface area contributed by atoms with Crippen LogP contribution in [0.4, 0.5) is 4.79 Å². The van der Waals surface area contributed by atoms with E-state index in [9.17, 15) is 14.4 Å². The van der Waals surface area contributed by atoms with Crippen LogP contribution in [-0.4, -0.2) is 36.2 Å². The zero-order chi connectivity index (χ0) is 15.5. The normalized spacial score (nSPS) is 9.71. The first-order chi connectivity index (χ1) is 10.1. The number of imide groups is 1. The Morgan fingerprint density at radius 2 is 1.81 bits per heavy atom. The van der Waals surface area contributed by atoms with E-state index < -0.39 is 17.9 Å². The minimum Gasteiger partial charge on any atom is -0.492 e. The summed E-state index contributed by atoms with van der Waals surface area (Å²) in [5, 5.41) is 13.0. The number of nitrogens with one attached hydrogen (secondary N) is 2. The fourth-order valence-electron chi connectivity index (χ4n) is 1.48. The number of hydrogen-bond donors (Lipinski definition) is 3. The van der Waals surface area contributed by atoms with Gasteiger partial charge < -0.3 is 15.2 Å². The van der Waals surface area contributed by atoms with E-state index in [0.717, 1.165) is 0 Å². The van der Waals surface area contributed by atoms with Crippen LogP contribution in [0.3, 0.4) is 0 Å². The fourth-order valence-corrected chi connectivity index (χ4v) is 1.48. The molecule has 3 N–H and O–H groups in total. The Hall–Kier alpha value is -2.57. The van der Waals surface area contributed by atoms with E-state index in [-0.39, 0.29) is 32.4 Å². The molecule has 7 nitrogen and oxygen atoms in total. The van der Waals surface area contributed by atoms with Gasteiger partial charge in [0.05, 0.1) is 6.54 Å². The molecule has 0 aliphatic carbocycles. The third-order valence-corrected chi connectivity index (χ3v) is 2.45. The van der Waals surface area contributed by atoms with Crippen molar-refractivity contribution in [3.05, 3.63) is 30.3 Å². The minimum atomic E-state index is -0.967. The van der Waals surface area contributed by atoms with Gasteiger partial charge in [-0.05, 0) is 18.6 Å². The molecule has 0 aromatic heterocycles. The second-order valence-electron chi connectivity index (χ2n) is 4.21. The van der Waals surface area contributed by atoms with E-state index in [1.807, 2.05) is 18.2 Å². The van der Waals surface area contributed by atoms with E-state index >= 15 is 0 Å². The number of carboxylic acids is 1. The van der Waals surface area contributed by atoms with Gasteiger partial charge in [-0.25, -0.2) is 4.79 Å². The molecule has 0 unspecified atom stereocenters. The molecule has 0 atom stereocenters. The van der Waals surface area contributed by atoms with Crippen LogP contribution in [0, 0.1) is 0 Å². The number of aliphatic carboxylic acids is 1. The lowest BCUT2D eigenvalue weighted by Crippen LogP contribution is -2.41. The van der Waals surface area contributed by atoms with Gasteiger partial charge in [0.1, 0.15) is 12.4 Å². The number of carbonyl (C=O) groups excluding carboxylic acids is 2. The molecule has 0 fully saturated rings. The predicted molar refractivity (Wildman–Crippen MR) is 75.0 cm³/mol. The van der Waals surface area contributed by atoms with E-state index in [4.69, 9.17) is 9.84 Å². The molecule has 0 bridgehead atoms. The molecule has 0 heterocycles. The number of hydrogen-bond acceptors (Lipinski definition) is 4. The molecule has 0 aliphatic heterocycles. The summed E-state index contributed by atoms with van der Waals surface area (Å²) in [6.07, 6.45) is 0.103. The second kappa shape index (κ2) is 9.35. The van der Waals surface area contributed by atoms with Gasteiger partial charge in [0.2, 0.25) is 5.91 Å². The van der Waals surface area contributed by atoms with Gasteiger partial charge in [0.25, 0.3) is 0 Å². The smallest absolute Gasteiger partial charge is 0.321 e. The molecule has 0 aliphatic rings. The SMILES string of the molecule is O=C(O)CCCC(=O)NC(=O)NCCOc1ccccc1. The number of para-hydroxylation sites is 1. The van der Waals surface area contributed by atoms with Crippen LogP contribution < -0.4 is 15.4 Å².